The Hall–Kier alpha value is -1.42. The van der Waals surface area contributed by atoms with E-state index in [0.29, 0.717) is 17.1 Å². The minimum Gasteiger partial charge on any atom is -0.386 e. The number of para-hydroxylation sites is 1. The van der Waals surface area contributed by atoms with Crippen LogP contribution in [0.1, 0.15) is 17.4 Å². The number of aromatic nitrogens is 1. The van der Waals surface area contributed by atoms with Crippen molar-refractivity contribution in [2.45, 2.75) is 12.5 Å². The van der Waals surface area contributed by atoms with Gasteiger partial charge in [0.05, 0.1) is 11.2 Å². The highest BCUT2D eigenvalue weighted by atomic mass is 79.9. The van der Waals surface area contributed by atoms with Crippen molar-refractivity contribution in [1.29, 1.82) is 0 Å². The van der Waals surface area contributed by atoms with E-state index in [4.69, 9.17) is 11.6 Å². The maximum atomic E-state index is 10.5. The molecule has 0 spiro atoms. The second-order valence-corrected chi connectivity index (χ2v) is 6.12. The number of hydrogen-bond acceptors (Lipinski definition) is 2. The van der Waals surface area contributed by atoms with E-state index >= 15 is 0 Å². The predicted octanol–water partition coefficient (Wildman–Crippen LogP) is 4.93. The van der Waals surface area contributed by atoms with Gasteiger partial charge in [0.25, 0.3) is 0 Å². The number of pyridine rings is 1. The predicted molar refractivity (Wildman–Crippen MR) is 89.6 cm³/mol. The Morgan fingerprint density at radius 3 is 2.62 bits per heavy atom. The van der Waals surface area contributed by atoms with Gasteiger partial charge in [-0.05, 0) is 39.7 Å². The maximum absolute atomic E-state index is 10.5. The molecule has 0 saturated carbocycles. The van der Waals surface area contributed by atoms with Gasteiger partial charge < -0.3 is 5.11 Å². The summed E-state index contributed by atoms with van der Waals surface area (Å²) in [6, 6.07) is 17.4. The van der Waals surface area contributed by atoms with E-state index in [9.17, 15) is 5.11 Å². The summed E-state index contributed by atoms with van der Waals surface area (Å²) in [5.41, 5.74) is 2.41. The Morgan fingerprint density at radius 1 is 1.10 bits per heavy atom. The van der Waals surface area contributed by atoms with Crippen molar-refractivity contribution in [1.82, 2.24) is 4.98 Å². The summed E-state index contributed by atoms with van der Waals surface area (Å²) < 4.78 is 0.806. The number of fused-ring (bicyclic) bond motifs is 1. The van der Waals surface area contributed by atoms with Crippen molar-refractivity contribution in [3.8, 4) is 0 Å². The minimum atomic E-state index is -0.705. The molecule has 4 heteroatoms. The molecule has 1 heterocycles. The number of aliphatic hydroxyl groups excluding tert-OH is 1. The van der Waals surface area contributed by atoms with E-state index < -0.39 is 6.10 Å². The molecule has 2 nitrogen and oxygen atoms in total. The van der Waals surface area contributed by atoms with Gasteiger partial charge in [-0.15, -0.1) is 0 Å². The molecule has 106 valence electrons. The number of benzene rings is 2. The fourth-order valence-corrected chi connectivity index (χ4v) is 3.12. The summed E-state index contributed by atoms with van der Waals surface area (Å²) in [5.74, 6) is 0. The molecule has 1 N–H and O–H groups in total. The fourth-order valence-electron chi connectivity index (χ4n) is 2.31. The lowest BCUT2D eigenvalue weighted by molar-refractivity contribution is 0.173. The van der Waals surface area contributed by atoms with Gasteiger partial charge in [0.2, 0.25) is 0 Å². The average Bonchev–Trinajstić information content (AvgIpc) is 2.49. The van der Waals surface area contributed by atoms with Gasteiger partial charge in [0.1, 0.15) is 6.10 Å². The van der Waals surface area contributed by atoms with Crippen molar-refractivity contribution < 1.29 is 5.11 Å². The van der Waals surface area contributed by atoms with Crippen molar-refractivity contribution in [3.63, 3.8) is 0 Å². The minimum absolute atomic E-state index is 0.434. The quantitative estimate of drug-likeness (QED) is 0.717. The van der Waals surface area contributed by atoms with Crippen LogP contribution in [-0.4, -0.2) is 10.1 Å². The molecular weight excluding hydrogens is 350 g/mol. The maximum Gasteiger partial charge on any atom is 0.101 e. The third kappa shape index (κ3) is 3.10. The lowest BCUT2D eigenvalue weighted by Gasteiger charge is -2.14. The molecular formula is C17H13BrClNO. The van der Waals surface area contributed by atoms with E-state index in [1.165, 1.54) is 0 Å². The number of halogens is 2. The highest BCUT2D eigenvalue weighted by Gasteiger charge is 2.16. The number of rotatable bonds is 3. The average molecular weight is 363 g/mol. The smallest absolute Gasteiger partial charge is 0.101 e. The van der Waals surface area contributed by atoms with Crippen LogP contribution < -0.4 is 0 Å². The first kappa shape index (κ1) is 14.5. The van der Waals surface area contributed by atoms with E-state index in [1.807, 2.05) is 54.6 Å². The van der Waals surface area contributed by atoms with Crippen LogP contribution in [0, 0.1) is 0 Å². The van der Waals surface area contributed by atoms with Gasteiger partial charge >= 0.3 is 0 Å². The Labute approximate surface area is 136 Å². The first-order valence-corrected chi connectivity index (χ1v) is 7.79. The van der Waals surface area contributed by atoms with Crippen LogP contribution in [0.3, 0.4) is 0 Å². The summed E-state index contributed by atoms with van der Waals surface area (Å²) in [6.45, 7) is 0. The summed E-state index contributed by atoms with van der Waals surface area (Å²) in [5, 5.41) is 12.2. The SMILES string of the molecule is OC(Cc1ccccc1Cl)c1nc2ccccc2cc1Br. The number of nitrogens with zero attached hydrogens (tertiary/aromatic N) is 1. The zero-order chi connectivity index (χ0) is 14.8. The van der Waals surface area contributed by atoms with Crippen LogP contribution in [0.4, 0.5) is 0 Å². The Bertz CT molecular complexity index is 791. The largest absolute Gasteiger partial charge is 0.386 e. The zero-order valence-corrected chi connectivity index (χ0v) is 13.5. The van der Waals surface area contributed by atoms with E-state index in [2.05, 4.69) is 20.9 Å². The molecule has 3 rings (SSSR count). The Balaban J connectivity index is 1.96. The van der Waals surface area contributed by atoms with Crippen molar-refractivity contribution >= 4 is 38.4 Å². The first-order valence-electron chi connectivity index (χ1n) is 6.62. The lowest BCUT2D eigenvalue weighted by atomic mass is 10.0. The van der Waals surface area contributed by atoms with Crippen molar-refractivity contribution in [2.75, 3.05) is 0 Å². The van der Waals surface area contributed by atoms with Crippen LogP contribution in [0.5, 0.6) is 0 Å². The van der Waals surface area contributed by atoms with Gasteiger partial charge in [-0.2, -0.15) is 0 Å². The van der Waals surface area contributed by atoms with Gasteiger partial charge in [-0.25, -0.2) is 4.98 Å². The summed E-state index contributed by atoms with van der Waals surface area (Å²) in [6.07, 6.45) is -0.271. The second kappa shape index (κ2) is 6.14. The number of hydrogen-bond donors (Lipinski definition) is 1. The molecule has 1 unspecified atom stereocenters. The van der Waals surface area contributed by atoms with Gasteiger partial charge in [-0.3, -0.25) is 0 Å². The molecule has 0 amide bonds. The molecule has 0 bridgehead atoms. The number of aliphatic hydroxyl groups is 1. The van der Waals surface area contributed by atoms with Crippen molar-refractivity contribution in [2.24, 2.45) is 0 Å². The molecule has 0 aliphatic heterocycles. The van der Waals surface area contributed by atoms with Crippen LogP contribution in [0.25, 0.3) is 10.9 Å². The van der Waals surface area contributed by atoms with E-state index in [1.54, 1.807) is 0 Å². The van der Waals surface area contributed by atoms with Crippen LogP contribution >= 0.6 is 27.5 Å². The molecule has 0 aliphatic carbocycles. The van der Waals surface area contributed by atoms with Crippen LogP contribution in [-0.2, 0) is 6.42 Å². The highest BCUT2D eigenvalue weighted by molar-refractivity contribution is 9.10. The third-order valence-corrected chi connectivity index (χ3v) is 4.40. The summed E-state index contributed by atoms with van der Waals surface area (Å²) >= 11 is 9.64. The molecule has 3 aromatic rings. The van der Waals surface area contributed by atoms with Crippen molar-refractivity contribution in [3.05, 3.63) is 75.4 Å². The molecule has 0 radical (unpaired) electrons. The first-order chi connectivity index (χ1) is 10.1. The van der Waals surface area contributed by atoms with Crippen LogP contribution in [0.2, 0.25) is 5.02 Å². The summed E-state index contributed by atoms with van der Waals surface area (Å²) in [4.78, 5) is 4.56. The van der Waals surface area contributed by atoms with E-state index in [0.717, 1.165) is 20.9 Å². The molecule has 21 heavy (non-hydrogen) atoms. The van der Waals surface area contributed by atoms with Gasteiger partial charge in [0.15, 0.2) is 0 Å². The summed E-state index contributed by atoms with van der Waals surface area (Å²) in [7, 11) is 0. The fraction of sp³-hybridized carbons (Fsp3) is 0.118. The lowest BCUT2D eigenvalue weighted by Crippen LogP contribution is -2.06. The van der Waals surface area contributed by atoms with Crippen LogP contribution in [0.15, 0.2) is 59.1 Å². The standard InChI is InChI=1S/C17H13BrClNO/c18-13-9-12-6-2-4-8-15(12)20-17(13)16(21)10-11-5-1-3-7-14(11)19/h1-9,16,21H,10H2. The molecule has 2 aromatic carbocycles. The highest BCUT2D eigenvalue weighted by Crippen LogP contribution is 2.29. The molecule has 0 aliphatic rings. The second-order valence-electron chi connectivity index (χ2n) is 4.86. The molecule has 1 atom stereocenters. The normalized spacial score (nSPS) is 12.5. The van der Waals surface area contributed by atoms with Gasteiger partial charge in [-0.1, -0.05) is 48.0 Å². The molecule has 0 fully saturated rings. The monoisotopic (exact) mass is 361 g/mol. The Kier molecular flexibility index (Phi) is 4.24. The zero-order valence-electron chi connectivity index (χ0n) is 11.1. The molecule has 0 saturated heterocycles. The Morgan fingerprint density at radius 2 is 1.81 bits per heavy atom. The molecule has 1 aromatic heterocycles. The van der Waals surface area contributed by atoms with Gasteiger partial charge in [0, 0.05) is 21.3 Å². The third-order valence-electron chi connectivity index (χ3n) is 3.39. The topological polar surface area (TPSA) is 33.1 Å². The van der Waals surface area contributed by atoms with E-state index in [-0.39, 0.29) is 0 Å².